The van der Waals surface area contributed by atoms with E-state index < -0.39 is 57.6 Å². The van der Waals surface area contributed by atoms with Crippen LogP contribution in [0.25, 0.3) is 0 Å². The maximum Gasteiger partial charge on any atom is 0.416 e. The molecule has 3 aromatic carbocycles. The molecule has 0 bridgehead atoms. The molecule has 0 aliphatic carbocycles. The lowest BCUT2D eigenvalue weighted by molar-refractivity contribution is -0.137. The van der Waals surface area contributed by atoms with Crippen LogP contribution in [0.2, 0.25) is 0 Å². The summed E-state index contributed by atoms with van der Waals surface area (Å²) in [5.41, 5.74) is -0.824. The van der Waals surface area contributed by atoms with Gasteiger partial charge >= 0.3 is 12.2 Å². The van der Waals surface area contributed by atoms with Crippen LogP contribution in [0.3, 0.4) is 0 Å². The molecule has 10 nitrogen and oxygen atoms in total. The van der Waals surface area contributed by atoms with E-state index in [2.05, 4.69) is 10.0 Å². The first kappa shape index (κ1) is 33.5. The van der Waals surface area contributed by atoms with Crippen LogP contribution in [0.1, 0.15) is 29.8 Å². The Balaban J connectivity index is 1.64. The summed E-state index contributed by atoms with van der Waals surface area (Å²) in [6.45, 7) is 3.08. The van der Waals surface area contributed by atoms with Gasteiger partial charge in [-0.2, -0.15) is 13.2 Å². The number of ether oxygens (including phenoxy) is 1. The van der Waals surface area contributed by atoms with E-state index in [1.54, 1.807) is 13.8 Å². The number of para-hydroxylation sites is 1. The number of likely N-dealkylation sites (N-methyl/N-ethyl adjacent to an activating group) is 1. The number of carbonyl (C=O) groups is 2. The van der Waals surface area contributed by atoms with Crippen LogP contribution in [-0.4, -0.2) is 74.2 Å². The van der Waals surface area contributed by atoms with Crippen LogP contribution in [0.15, 0.2) is 71.6 Å². The molecule has 45 heavy (non-hydrogen) atoms. The molecule has 1 heterocycles. The highest BCUT2D eigenvalue weighted by atomic mass is 32.2. The number of fused-ring (bicyclic) bond motifs is 1. The number of nitrogens with one attached hydrogen (secondary N) is 2. The maximum absolute atomic E-state index is 13.7. The number of nitrogens with zero attached hydrogens (tertiary/aromatic N) is 2. The summed E-state index contributed by atoms with van der Waals surface area (Å²) in [6, 6.07) is 11.1. The number of aliphatic hydroxyl groups excluding tert-OH is 1. The Morgan fingerprint density at radius 3 is 2.36 bits per heavy atom. The Morgan fingerprint density at radius 1 is 1.11 bits per heavy atom. The summed E-state index contributed by atoms with van der Waals surface area (Å²) in [5.74, 6) is -1.72. The molecular weight excluding hydrogens is 620 g/mol. The third-order valence-corrected chi connectivity index (χ3v) is 8.70. The van der Waals surface area contributed by atoms with Crippen molar-refractivity contribution in [3.05, 3.63) is 83.7 Å². The Morgan fingerprint density at radius 2 is 1.76 bits per heavy atom. The zero-order valence-corrected chi connectivity index (χ0v) is 25.3. The van der Waals surface area contributed by atoms with Gasteiger partial charge in [-0.25, -0.2) is 17.6 Å². The monoisotopic (exact) mass is 652 g/mol. The Labute approximate surface area is 257 Å². The summed E-state index contributed by atoms with van der Waals surface area (Å²) in [6.07, 6.45) is -5.36. The van der Waals surface area contributed by atoms with E-state index in [-0.39, 0.29) is 47.3 Å². The second-order valence-corrected chi connectivity index (χ2v) is 12.4. The van der Waals surface area contributed by atoms with Crippen LogP contribution in [0.5, 0.6) is 5.75 Å². The van der Waals surface area contributed by atoms with E-state index in [9.17, 15) is 40.7 Å². The standard InChI is InChI=1S/C30H32F4N4O6S/c1-18-15-38(19(2)17-39)28(40)24-5-4-6-25(36-45(42,43)23-13-9-21(31)10-14-23)27(24)44-26(18)16-37(3)29(41)35-22-11-7-20(8-12-22)30(32,33)34/h4-14,18-19,26,36,39H,15-17H2,1-3H3,(H,35,41)/t18-,19-,26+/m1/s1. The lowest BCUT2D eigenvalue weighted by atomic mass is 9.99. The molecule has 0 unspecified atom stereocenters. The molecule has 242 valence electrons. The lowest BCUT2D eigenvalue weighted by Gasteiger charge is -2.38. The first-order chi connectivity index (χ1) is 21.1. The van der Waals surface area contributed by atoms with E-state index in [1.807, 2.05) is 0 Å². The van der Waals surface area contributed by atoms with Gasteiger partial charge in [0.05, 0.1) is 40.9 Å². The second kappa shape index (κ2) is 13.3. The molecule has 0 spiro atoms. The number of hydrogen-bond acceptors (Lipinski definition) is 6. The number of hydrogen-bond donors (Lipinski definition) is 3. The summed E-state index contributed by atoms with van der Waals surface area (Å²) >= 11 is 0. The van der Waals surface area contributed by atoms with Crippen molar-refractivity contribution in [3.63, 3.8) is 0 Å². The summed E-state index contributed by atoms with van der Waals surface area (Å²) in [4.78, 5) is 29.1. The average Bonchev–Trinajstić information content (AvgIpc) is 2.98. The van der Waals surface area contributed by atoms with Crippen LogP contribution in [-0.2, 0) is 16.2 Å². The van der Waals surface area contributed by atoms with Gasteiger partial charge in [0, 0.05) is 25.2 Å². The van der Waals surface area contributed by atoms with Crippen LogP contribution in [0, 0.1) is 11.7 Å². The fourth-order valence-corrected chi connectivity index (χ4v) is 5.74. The van der Waals surface area contributed by atoms with Crippen molar-refractivity contribution in [2.75, 3.05) is 36.8 Å². The molecule has 0 radical (unpaired) electrons. The van der Waals surface area contributed by atoms with E-state index in [0.717, 1.165) is 48.5 Å². The Bertz CT molecular complexity index is 1640. The number of benzene rings is 3. The van der Waals surface area contributed by atoms with Crippen molar-refractivity contribution in [2.24, 2.45) is 5.92 Å². The number of alkyl halides is 3. The molecule has 4 rings (SSSR count). The summed E-state index contributed by atoms with van der Waals surface area (Å²) < 4.78 is 87.2. The molecule has 0 saturated heterocycles. The van der Waals surface area contributed by atoms with Crippen molar-refractivity contribution in [1.82, 2.24) is 9.80 Å². The van der Waals surface area contributed by atoms with Gasteiger partial charge in [0.1, 0.15) is 11.9 Å². The van der Waals surface area contributed by atoms with Crippen molar-refractivity contribution in [2.45, 2.75) is 37.1 Å². The number of urea groups is 1. The van der Waals surface area contributed by atoms with Gasteiger partial charge in [0.15, 0.2) is 5.75 Å². The molecule has 3 N–H and O–H groups in total. The fraction of sp³-hybridized carbons (Fsp3) is 0.333. The van der Waals surface area contributed by atoms with Crippen molar-refractivity contribution in [3.8, 4) is 5.75 Å². The van der Waals surface area contributed by atoms with Gasteiger partial charge in [-0.05, 0) is 67.6 Å². The SMILES string of the molecule is C[C@@H]1CN([C@H](C)CO)C(=O)c2cccc(NS(=O)(=O)c3ccc(F)cc3)c2O[C@H]1CN(C)C(=O)Nc1ccc(C(F)(F)F)cc1. The molecule has 0 saturated carbocycles. The molecule has 15 heteroatoms. The zero-order valence-electron chi connectivity index (χ0n) is 24.5. The summed E-state index contributed by atoms with van der Waals surface area (Å²) in [5, 5.41) is 12.4. The third-order valence-electron chi connectivity index (χ3n) is 7.32. The van der Waals surface area contributed by atoms with Gasteiger partial charge < -0.3 is 25.0 Å². The largest absolute Gasteiger partial charge is 0.485 e. The first-order valence-electron chi connectivity index (χ1n) is 13.8. The number of carbonyl (C=O) groups excluding carboxylic acids is 2. The van der Waals surface area contributed by atoms with Crippen LogP contribution in [0.4, 0.5) is 33.7 Å². The van der Waals surface area contributed by atoms with Crippen molar-refractivity contribution >= 4 is 33.3 Å². The van der Waals surface area contributed by atoms with E-state index in [4.69, 9.17) is 4.74 Å². The highest BCUT2D eigenvalue weighted by Gasteiger charge is 2.36. The quantitative estimate of drug-likeness (QED) is 0.293. The number of anilines is 2. The molecule has 0 aromatic heterocycles. The molecule has 1 aliphatic heterocycles. The first-order valence-corrected chi connectivity index (χ1v) is 15.3. The maximum atomic E-state index is 13.7. The van der Waals surface area contributed by atoms with Crippen molar-refractivity contribution in [1.29, 1.82) is 0 Å². The van der Waals surface area contributed by atoms with Crippen LogP contribution >= 0.6 is 0 Å². The normalized spacial score (nSPS) is 17.8. The number of halogens is 4. The second-order valence-electron chi connectivity index (χ2n) is 10.8. The minimum Gasteiger partial charge on any atom is -0.485 e. The van der Waals surface area contributed by atoms with Gasteiger partial charge in [0.2, 0.25) is 0 Å². The van der Waals surface area contributed by atoms with E-state index in [1.165, 1.54) is 35.0 Å². The Kier molecular flexibility index (Phi) is 9.92. The lowest BCUT2D eigenvalue weighted by Crippen LogP contribution is -2.50. The minimum atomic E-state index is -4.53. The number of rotatable bonds is 8. The highest BCUT2D eigenvalue weighted by Crippen LogP contribution is 2.36. The fourth-order valence-electron chi connectivity index (χ4n) is 4.67. The van der Waals surface area contributed by atoms with Gasteiger partial charge in [-0.3, -0.25) is 9.52 Å². The molecule has 3 atom stereocenters. The predicted octanol–water partition coefficient (Wildman–Crippen LogP) is 5.03. The van der Waals surface area contributed by atoms with Gasteiger partial charge in [0.25, 0.3) is 15.9 Å². The van der Waals surface area contributed by atoms with Crippen molar-refractivity contribution < 1.29 is 45.4 Å². The molecule has 3 amide bonds. The van der Waals surface area contributed by atoms with E-state index in [0.29, 0.717) is 0 Å². The van der Waals surface area contributed by atoms with Gasteiger partial charge in [-0.1, -0.05) is 13.0 Å². The van der Waals surface area contributed by atoms with Gasteiger partial charge in [-0.15, -0.1) is 0 Å². The minimum absolute atomic E-state index is 0.00312. The number of aliphatic hydroxyl groups is 1. The zero-order chi connectivity index (χ0) is 33.1. The smallest absolute Gasteiger partial charge is 0.416 e. The van der Waals surface area contributed by atoms with Crippen LogP contribution < -0.4 is 14.8 Å². The third kappa shape index (κ3) is 7.84. The average molecular weight is 653 g/mol. The predicted molar refractivity (Wildman–Crippen MR) is 158 cm³/mol. The highest BCUT2D eigenvalue weighted by molar-refractivity contribution is 7.92. The number of amides is 3. The topological polar surface area (TPSA) is 128 Å². The van der Waals surface area contributed by atoms with E-state index >= 15 is 0 Å². The Hall–Kier alpha value is -4.37. The number of sulfonamides is 1. The summed E-state index contributed by atoms with van der Waals surface area (Å²) in [7, 11) is -2.82. The molecular formula is C30H32F4N4O6S. The molecule has 1 aliphatic rings. The molecule has 0 fully saturated rings. The molecule has 3 aromatic rings.